The first-order valence-corrected chi connectivity index (χ1v) is 8.51. The summed E-state index contributed by atoms with van der Waals surface area (Å²) in [5, 5.41) is 5.42. The van der Waals surface area contributed by atoms with E-state index in [4.69, 9.17) is 0 Å². The maximum Gasteiger partial charge on any atom is 0.228 e. The van der Waals surface area contributed by atoms with E-state index in [9.17, 15) is 9.59 Å². The molecule has 2 aliphatic rings. The predicted molar refractivity (Wildman–Crippen MR) is 101 cm³/mol. The highest BCUT2D eigenvalue weighted by atomic mass is 35.5. The van der Waals surface area contributed by atoms with Gasteiger partial charge in [0.2, 0.25) is 11.8 Å². The second-order valence-corrected chi connectivity index (χ2v) is 6.48. The van der Waals surface area contributed by atoms with E-state index >= 15 is 0 Å². The summed E-state index contributed by atoms with van der Waals surface area (Å²) in [5.74, 6) is -0.0676. The first kappa shape index (κ1) is 17.7. The summed E-state index contributed by atoms with van der Waals surface area (Å²) >= 11 is 0. The molecule has 2 aromatic carbocycles. The molecular formula is C19H22ClN3O2. The normalized spacial score (nSPS) is 20.6. The summed E-state index contributed by atoms with van der Waals surface area (Å²) in [5.41, 5.74) is 0.911. The predicted octanol–water partition coefficient (Wildman–Crippen LogP) is 2.05. The number of amides is 2. The number of nitrogens with zero attached hydrogens (tertiary/aromatic N) is 2. The smallest absolute Gasteiger partial charge is 0.228 e. The van der Waals surface area contributed by atoms with Crippen LogP contribution in [0.15, 0.2) is 42.5 Å². The van der Waals surface area contributed by atoms with Gasteiger partial charge >= 0.3 is 0 Å². The third-order valence-corrected chi connectivity index (χ3v) is 4.96. The molecule has 0 aliphatic carbocycles. The molecule has 132 valence electrons. The molecule has 0 bridgehead atoms. The number of rotatable bonds is 2. The van der Waals surface area contributed by atoms with Crippen LogP contribution in [0.5, 0.6) is 0 Å². The minimum Gasteiger partial charge on any atom is -0.340 e. The lowest BCUT2D eigenvalue weighted by Gasteiger charge is -2.29. The molecule has 2 heterocycles. The van der Waals surface area contributed by atoms with Crippen molar-refractivity contribution in [2.45, 2.75) is 6.42 Å². The zero-order valence-corrected chi connectivity index (χ0v) is 14.8. The summed E-state index contributed by atoms with van der Waals surface area (Å²) < 4.78 is 0. The van der Waals surface area contributed by atoms with Crippen LogP contribution in [-0.2, 0) is 9.59 Å². The fourth-order valence-electron chi connectivity index (χ4n) is 3.69. The molecule has 1 atom stereocenters. The minimum absolute atomic E-state index is 0. The van der Waals surface area contributed by atoms with Gasteiger partial charge in [0.25, 0.3) is 0 Å². The van der Waals surface area contributed by atoms with Gasteiger partial charge in [0.1, 0.15) is 0 Å². The van der Waals surface area contributed by atoms with E-state index in [0.29, 0.717) is 13.0 Å². The zero-order chi connectivity index (χ0) is 16.5. The molecule has 2 saturated heterocycles. The number of fused-ring (bicyclic) bond motifs is 1. The molecule has 2 fully saturated rings. The van der Waals surface area contributed by atoms with Crippen LogP contribution in [0.2, 0.25) is 0 Å². The fourth-order valence-corrected chi connectivity index (χ4v) is 3.69. The van der Waals surface area contributed by atoms with Gasteiger partial charge < -0.3 is 15.1 Å². The number of hydrogen-bond donors (Lipinski definition) is 1. The van der Waals surface area contributed by atoms with E-state index in [-0.39, 0.29) is 30.1 Å². The van der Waals surface area contributed by atoms with Crippen LogP contribution in [-0.4, -0.2) is 49.4 Å². The van der Waals surface area contributed by atoms with E-state index in [1.165, 1.54) is 0 Å². The Bertz CT molecular complexity index is 784. The van der Waals surface area contributed by atoms with Crippen LogP contribution >= 0.6 is 12.4 Å². The van der Waals surface area contributed by atoms with Gasteiger partial charge in [-0.3, -0.25) is 9.59 Å². The Morgan fingerprint density at radius 3 is 2.56 bits per heavy atom. The Hall–Kier alpha value is -2.11. The van der Waals surface area contributed by atoms with Gasteiger partial charge in [-0.2, -0.15) is 0 Å². The van der Waals surface area contributed by atoms with Crippen molar-refractivity contribution in [3.63, 3.8) is 0 Å². The highest BCUT2D eigenvalue weighted by Gasteiger charge is 2.37. The fraction of sp³-hybridized carbons (Fsp3) is 0.368. The Morgan fingerprint density at radius 1 is 1.04 bits per heavy atom. The SMILES string of the molecule is Cl.O=C(C1CC(=O)N(c2cccc3ccccc23)C1)N1CCNCC1. The summed E-state index contributed by atoms with van der Waals surface area (Å²) in [6, 6.07) is 14.0. The summed E-state index contributed by atoms with van der Waals surface area (Å²) in [4.78, 5) is 28.9. The van der Waals surface area contributed by atoms with Crippen molar-refractivity contribution in [3.05, 3.63) is 42.5 Å². The molecule has 0 radical (unpaired) electrons. The van der Waals surface area contributed by atoms with Gasteiger partial charge in [-0.1, -0.05) is 36.4 Å². The Morgan fingerprint density at radius 2 is 1.76 bits per heavy atom. The van der Waals surface area contributed by atoms with E-state index in [0.717, 1.165) is 42.6 Å². The summed E-state index contributed by atoms with van der Waals surface area (Å²) in [7, 11) is 0. The van der Waals surface area contributed by atoms with Gasteiger partial charge in [-0.25, -0.2) is 0 Å². The maximum atomic E-state index is 12.7. The lowest BCUT2D eigenvalue weighted by atomic mass is 10.1. The topological polar surface area (TPSA) is 52.7 Å². The summed E-state index contributed by atoms with van der Waals surface area (Å²) in [6.45, 7) is 3.62. The minimum atomic E-state index is -0.227. The van der Waals surface area contributed by atoms with Gasteiger partial charge in [0.15, 0.2) is 0 Å². The van der Waals surface area contributed by atoms with Gasteiger partial charge in [-0.15, -0.1) is 12.4 Å². The molecule has 4 rings (SSSR count). The number of hydrogen-bond acceptors (Lipinski definition) is 3. The molecule has 6 heteroatoms. The van der Waals surface area contributed by atoms with Crippen LogP contribution in [0.25, 0.3) is 10.8 Å². The van der Waals surface area contributed by atoms with Gasteiger partial charge in [-0.05, 0) is 11.5 Å². The highest BCUT2D eigenvalue weighted by Crippen LogP contribution is 2.32. The molecule has 2 aromatic rings. The van der Waals surface area contributed by atoms with Crippen molar-refractivity contribution in [1.82, 2.24) is 10.2 Å². The van der Waals surface area contributed by atoms with E-state index in [1.54, 1.807) is 4.90 Å². The average Bonchev–Trinajstić information content (AvgIpc) is 3.03. The number of anilines is 1. The van der Waals surface area contributed by atoms with Crippen molar-refractivity contribution in [2.24, 2.45) is 5.92 Å². The maximum absolute atomic E-state index is 12.7. The first-order chi connectivity index (χ1) is 11.7. The molecule has 25 heavy (non-hydrogen) atoms. The molecule has 0 aromatic heterocycles. The molecule has 2 amide bonds. The van der Waals surface area contributed by atoms with Crippen molar-refractivity contribution < 1.29 is 9.59 Å². The third kappa shape index (κ3) is 3.34. The lowest BCUT2D eigenvalue weighted by Crippen LogP contribution is -2.48. The first-order valence-electron chi connectivity index (χ1n) is 8.51. The van der Waals surface area contributed by atoms with Crippen LogP contribution in [0.4, 0.5) is 5.69 Å². The van der Waals surface area contributed by atoms with Crippen molar-refractivity contribution in [2.75, 3.05) is 37.6 Å². The Balaban J connectivity index is 0.00000182. The molecule has 1 unspecified atom stereocenters. The van der Waals surface area contributed by atoms with Gasteiger partial charge in [0.05, 0.1) is 11.6 Å². The summed E-state index contributed by atoms with van der Waals surface area (Å²) in [6.07, 6.45) is 0.311. The van der Waals surface area contributed by atoms with E-state index in [1.807, 2.05) is 47.4 Å². The number of halogens is 1. The third-order valence-electron chi connectivity index (χ3n) is 4.96. The van der Waals surface area contributed by atoms with Crippen molar-refractivity contribution >= 4 is 40.7 Å². The molecular weight excluding hydrogens is 338 g/mol. The van der Waals surface area contributed by atoms with Crippen LogP contribution in [0.1, 0.15) is 6.42 Å². The van der Waals surface area contributed by atoms with Gasteiger partial charge in [0, 0.05) is 44.5 Å². The number of benzene rings is 2. The number of piperazine rings is 1. The number of nitrogens with one attached hydrogen (secondary N) is 1. The lowest BCUT2D eigenvalue weighted by molar-refractivity contribution is -0.136. The van der Waals surface area contributed by atoms with Crippen LogP contribution < -0.4 is 10.2 Å². The Labute approximate surface area is 153 Å². The van der Waals surface area contributed by atoms with Crippen molar-refractivity contribution in [3.8, 4) is 0 Å². The largest absolute Gasteiger partial charge is 0.340 e. The second-order valence-electron chi connectivity index (χ2n) is 6.48. The quantitative estimate of drug-likeness (QED) is 0.892. The molecule has 0 spiro atoms. The van der Waals surface area contributed by atoms with Crippen molar-refractivity contribution in [1.29, 1.82) is 0 Å². The molecule has 5 nitrogen and oxygen atoms in total. The Kier molecular flexibility index (Phi) is 5.25. The molecule has 1 N–H and O–H groups in total. The monoisotopic (exact) mass is 359 g/mol. The molecule has 2 aliphatic heterocycles. The average molecular weight is 360 g/mol. The number of carbonyl (C=O) groups excluding carboxylic acids is 2. The number of carbonyl (C=O) groups is 2. The van der Waals surface area contributed by atoms with Crippen LogP contribution in [0, 0.1) is 5.92 Å². The highest BCUT2D eigenvalue weighted by molar-refractivity contribution is 6.07. The van der Waals surface area contributed by atoms with Crippen LogP contribution in [0.3, 0.4) is 0 Å². The van der Waals surface area contributed by atoms with E-state index < -0.39 is 0 Å². The molecule has 0 saturated carbocycles. The van der Waals surface area contributed by atoms with E-state index in [2.05, 4.69) is 5.32 Å². The second kappa shape index (κ2) is 7.42. The standard InChI is InChI=1S/C19H21N3O2.ClH/c23-18-12-15(19(24)21-10-8-20-9-11-21)13-22(18)17-7-3-5-14-4-1-2-6-16(14)17;/h1-7,15,20H,8-13H2;1H. The zero-order valence-electron chi connectivity index (χ0n) is 14.0.